The summed E-state index contributed by atoms with van der Waals surface area (Å²) < 4.78 is 38.1. The summed E-state index contributed by atoms with van der Waals surface area (Å²) in [6.07, 6.45) is -4.51. The lowest BCUT2D eigenvalue weighted by atomic mass is 10.3. The summed E-state index contributed by atoms with van der Waals surface area (Å²) in [5.74, 6) is 0.0131. The number of aryl methyl sites for hydroxylation is 1. The molecule has 0 saturated carbocycles. The van der Waals surface area contributed by atoms with Gasteiger partial charge in [0, 0.05) is 18.5 Å². The summed E-state index contributed by atoms with van der Waals surface area (Å²) in [6, 6.07) is 0.875. The lowest BCUT2D eigenvalue weighted by molar-refractivity contribution is -0.141. The van der Waals surface area contributed by atoms with Gasteiger partial charge in [0.1, 0.15) is 5.82 Å². The fraction of sp³-hybridized carbons (Fsp3) is 0.364. The Labute approximate surface area is 117 Å². The minimum Gasteiger partial charge on any atom is -0.364 e. The Hall–Kier alpha value is -1.90. The Kier molecular flexibility index (Phi) is 4.07. The van der Waals surface area contributed by atoms with Crippen molar-refractivity contribution in [2.75, 3.05) is 17.7 Å². The normalized spacial score (nSPS) is 11.4. The molecule has 20 heavy (non-hydrogen) atoms. The Bertz CT molecular complexity index is 596. The van der Waals surface area contributed by atoms with E-state index in [0.717, 1.165) is 16.8 Å². The molecule has 2 aromatic rings. The van der Waals surface area contributed by atoms with Crippen LogP contribution < -0.4 is 10.6 Å². The van der Waals surface area contributed by atoms with Crippen LogP contribution >= 0.6 is 11.3 Å². The molecule has 0 radical (unpaired) electrons. The predicted octanol–water partition coefficient (Wildman–Crippen LogP) is 2.91. The molecular weight excluding hydrogens is 291 g/mol. The minimum atomic E-state index is -4.51. The first kappa shape index (κ1) is 14.5. The molecule has 2 aromatic heterocycles. The van der Waals surface area contributed by atoms with Gasteiger partial charge in [-0.15, -0.1) is 11.3 Å². The molecule has 2 rings (SSSR count). The van der Waals surface area contributed by atoms with E-state index in [9.17, 15) is 13.2 Å². The van der Waals surface area contributed by atoms with Gasteiger partial charge in [0.15, 0.2) is 5.69 Å². The van der Waals surface area contributed by atoms with Crippen molar-refractivity contribution >= 4 is 23.1 Å². The number of halogens is 3. The van der Waals surface area contributed by atoms with Gasteiger partial charge < -0.3 is 10.6 Å². The van der Waals surface area contributed by atoms with Gasteiger partial charge in [-0.2, -0.15) is 18.2 Å². The van der Waals surface area contributed by atoms with Crippen molar-refractivity contribution in [3.8, 4) is 0 Å². The van der Waals surface area contributed by atoms with Crippen molar-refractivity contribution < 1.29 is 13.2 Å². The van der Waals surface area contributed by atoms with Crippen LogP contribution in [0.5, 0.6) is 0 Å². The topological polar surface area (TPSA) is 62.7 Å². The number of rotatable bonds is 4. The molecule has 2 heterocycles. The fourth-order valence-corrected chi connectivity index (χ4v) is 2.08. The Balaban J connectivity index is 2.18. The summed E-state index contributed by atoms with van der Waals surface area (Å²) in [5, 5.41) is 8.06. The first-order valence-corrected chi connectivity index (χ1v) is 6.55. The van der Waals surface area contributed by atoms with Gasteiger partial charge >= 0.3 is 6.18 Å². The highest BCUT2D eigenvalue weighted by molar-refractivity contribution is 7.09. The molecule has 0 bridgehead atoms. The highest BCUT2D eigenvalue weighted by Gasteiger charge is 2.33. The van der Waals surface area contributed by atoms with E-state index in [-0.39, 0.29) is 11.8 Å². The van der Waals surface area contributed by atoms with Crippen molar-refractivity contribution in [3.63, 3.8) is 0 Å². The van der Waals surface area contributed by atoms with Crippen molar-refractivity contribution in [1.29, 1.82) is 0 Å². The third kappa shape index (κ3) is 3.56. The van der Waals surface area contributed by atoms with Crippen LogP contribution in [-0.2, 0) is 12.7 Å². The Morgan fingerprint density at radius 3 is 2.55 bits per heavy atom. The summed E-state index contributed by atoms with van der Waals surface area (Å²) in [6.45, 7) is 2.17. The monoisotopic (exact) mass is 303 g/mol. The maximum Gasteiger partial charge on any atom is 0.433 e. The van der Waals surface area contributed by atoms with E-state index in [1.807, 2.05) is 12.3 Å². The van der Waals surface area contributed by atoms with Crippen LogP contribution in [0.15, 0.2) is 11.4 Å². The zero-order valence-electron chi connectivity index (χ0n) is 10.7. The van der Waals surface area contributed by atoms with Gasteiger partial charge in [0.2, 0.25) is 5.95 Å². The van der Waals surface area contributed by atoms with Gasteiger partial charge in [-0.05, 0) is 6.92 Å². The lowest BCUT2D eigenvalue weighted by Gasteiger charge is -2.10. The number of nitrogens with one attached hydrogen (secondary N) is 2. The van der Waals surface area contributed by atoms with Crippen LogP contribution in [0.1, 0.15) is 16.4 Å². The van der Waals surface area contributed by atoms with Crippen LogP contribution in [-0.4, -0.2) is 22.0 Å². The van der Waals surface area contributed by atoms with Crippen LogP contribution in [0.4, 0.5) is 24.9 Å². The summed E-state index contributed by atoms with van der Waals surface area (Å²) in [4.78, 5) is 11.5. The molecule has 0 aliphatic rings. The highest BCUT2D eigenvalue weighted by atomic mass is 32.1. The van der Waals surface area contributed by atoms with E-state index in [2.05, 4.69) is 25.6 Å². The predicted molar refractivity (Wildman–Crippen MR) is 70.8 cm³/mol. The molecule has 0 unspecified atom stereocenters. The molecule has 108 valence electrons. The van der Waals surface area contributed by atoms with Crippen molar-refractivity contribution in [2.24, 2.45) is 0 Å². The standard InChI is InChI=1S/C11H12F3N5S/c1-6-17-7(5-20-6)4-16-9-3-8(11(12,13)14)18-10(15-2)19-9/h3,5H,4H2,1-2H3,(H2,15,16,18,19). The van der Waals surface area contributed by atoms with Crippen LogP contribution in [0.3, 0.4) is 0 Å². The van der Waals surface area contributed by atoms with E-state index in [1.165, 1.54) is 18.4 Å². The lowest BCUT2D eigenvalue weighted by Crippen LogP contribution is -2.13. The fourth-order valence-electron chi connectivity index (χ4n) is 1.47. The number of aromatic nitrogens is 3. The van der Waals surface area contributed by atoms with E-state index in [1.54, 1.807) is 0 Å². The Morgan fingerprint density at radius 2 is 2.00 bits per heavy atom. The maximum atomic E-state index is 12.7. The maximum absolute atomic E-state index is 12.7. The molecule has 2 N–H and O–H groups in total. The molecule has 0 aliphatic heterocycles. The molecule has 9 heteroatoms. The van der Waals surface area contributed by atoms with E-state index >= 15 is 0 Å². The molecule has 0 spiro atoms. The number of hydrogen-bond acceptors (Lipinski definition) is 6. The second kappa shape index (κ2) is 5.61. The molecular formula is C11H12F3N5S. The molecule has 0 fully saturated rings. The molecule has 0 saturated heterocycles. The van der Waals surface area contributed by atoms with Crippen molar-refractivity contribution in [1.82, 2.24) is 15.0 Å². The van der Waals surface area contributed by atoms with Crippen molar-refractivity contribution in [2.45, 2.75) is 19.6 Å². The third-order valence-corrected chi connectivity index (χ3v) is 3.18. The highest BCUT2D eigenvalue weighted by Crippen LogP contribution is 2.29. The molecule has 0 atom stereocenters. The molecule has 0 aliphatic carbocycles. The SMILES string of the molecule is CNc1nc(NCc2csc(C)n2)cc(C(F)(F)F)n1. The third-order valence-electron chi connectivity index (χ3n) is 2.36. The first-order valence-electron chi connectivity index (χ1n) is 5.67. The number of alkyl halides is 3. The minimum absolute atomic E-state index is 0.0863. The van der Waals surface area contributed by atoms with Crippen LogP contribution in [0.25, 0.3) is 0 Å². The molecule has 0 aromatic carbocycles. The number of nitrogens with zero attached hydrogens (tertiary/aromatic N) is 3. The summed E-state index contributed by atoms with van der Waals surface area (Å²) >= 11 is 1.48. The molecule has 0 amide bonds. The van der Waals surface area contributed by atoms with Gasteiger partial charge in [-0.1, -0.05) is 0 Å². The van der Waals surface area contributed by atoms with Crippen LogP contribution in [0, 0.1) is 6.92 Å². The summed E-state index contributed by atoms with van der Waals surface area (Å²) in [7, 11) is 1.46. The van der Waals surface area contributed by atoms with Crippen LogP contribution in [0.2, 0.25) is 0 Å². The number of thiazole rings is 1. The Morgan fingerprint density at radius 1 is 1.25 bits per heavy atom. The zero-order chi connectivity index (χ0) is 14.8. The van der Waals surface area contributed by atoms with Crippen molar-refractivity contribution in [3.05, 3.63) is 27.8 Å². The first-order chi connectivity index (χ1) is 9.38. The zero-order valence-corrected chi connectivity index (χ0v) is 11.6. The quantitative estimate of drug-likeness (QED) is 0.909. The van der Waals surface area contributed by atoms with Gasteiger partial charge in [0.05, 0.1) is 17.2 Å². The second-order valence-electron chi connectivity index (χ2n) is 3.92. The largest absolute Gasteiger partial charge is 0.433 e. The number of anilines is 2. The average molecular weight is 303 g/mol. The van der Waals surface area contributed by atoms with E-state index in [4.69, 9.17) is 0 Å². The van der Waals surface area contributed by atoms with Gasteiger partial charge in [-0.25, -0.2) is 9.97 Å². The summed E-state index contributed by atoms with van der Waals surface area (Å²) in [5.41, 5.74) is -0.237. The van der Waals surface area contributed by atoms with Gasteiger partial charge in [-0.3, -0.25) is 0 Å². The van der Waals surface area contributed by atoms with E-state index in [0.29, 0.717) is 6.54 Å². The smallest absolute Gasteiger partial charge is 0.364 e. The van der Waals surface area contributed by atoms with E-state index < -0.39 is 11.9 Å². The number of hydrogen-bond donors (Lipinski definition) is 2. The second-order valence-corrected chi connectivity index (χ2v) is 4.98. The molecule has 5 nitrogen and oxygen atoms in total. The average Bonchev–Trinajstić information content (AvgIpc) is 2.81. The van der Waals surface area contributed by atoms with Gasteiger partial charge in [0.25, 0.3) is 0 Å².